The SMILES string of the molecule is C=C(F)C(=O)N1CCN(c2nc(OC[C@@H]3CCCN3C)nc3c2CCN(c2cccc4cccc(Cl)c24)C3)[C@@H](C)C1. The number of anilines is 2. The zero-order chi connectivity index (χ0) is 28.7. The second kappa shape index (κ2) is 11.4. The van der Waals surface area contributed by atoms with Crippen molar-refractivity contribution in [3.05, 3.63) is 65.1 Å². The number of nitrogens with zero attached hydrogens (tertiary/aromatic N) is 6. The molecule has 3 aromatic rings. The number of fused-ring (bicyclic) bond motifs is 2. The first-order valence-electron chi connectivity index (χ1n) is 14.4. The van der Waals surface area contributed by atoms with Gasteiger partial charge in [0.05, 0.1) is 17.3 Å². The number of ether oxygens (including phenoxy) is 1. The molecule has 3 aliphatic rings. The van der Waals surface area contributed by atoms with Gasteiger partial charge in [0, 0.05) is 54.9 Å². The van der Waals surface area contributed by atoms with Crippen LogP contribution in [-0.4, -0.2) is 84.1 Å². The Bertz CT molecular complexity index is 1480. The summed E-state index contributed by atoms with van der Waals surface area (Å²) >= 11 is 6.68. The van der Waals surface area contributed by atoms with Crippen LogP contribution in [0.5, 0.6) is 6.01 Å². The molecule has 4 heterocycles. The number of aromatic nitrogens is 2. The van der Waals surface area contributed by atoms with Gasteiger partial charge < -0.3 is 24.3 Å². The maximum absolute atomic E-state index is 13.6. The first-order chi connectivity index (χ1) is 19.8. The molecule has 216 valence electrons. The van der Waals surface area contributed by atoms with Gasteiger partial charge >= 0.3 is 6.01 Å². The van der Waals surface area contributed by atoms with E-state index in [0.29, 0.717) is 44.8 Å². The number of hydrogen-bond donors (Lipinski definition) is 0. The van der Waals surface area contributed by atoms with Crippen molar-refractivity contribution in [2.45, 2.75) is 44.8 Å². The third-order valence-corrected chi connectivity index (χ3v) is 9.01. The summed E-state index contributed by atoms with van der Waals surface area (Å²) in [6.45, 7) is 9.55. The van der Waals surface area contributed by atoms with Crippen molar-refractivity contribution in [1.29, 1.82) is 0 Å². The summed E-state index contributed by atoms with van der Waals surface area (Å²) in [4.78, 5) is 30.6. The van der Waals surface area contributed by atoms with Crippen LogP contribution < -0.4 is 14.5 Å². The molecular weight excluding hydrogens is 543 g/mol. The second-order valence-electron chi connectivity index (χ2n) is 11.3. The molecule has 2 fully saturated rings. The van der Waals surface area contributed by atoms with Gasteiger partial charge in [0.25, 0.3) is 5.91 Å². The van der Waals surface area contributed by atoms with Crippen molar-refractivity contribution in [2.75, 3.05) is 56.2 Å². The van der Waals surface area contributed by atoms with Gasteiger partial charge in [0.15, 0.2) is 5.83 Å². The Balaban J connectivity index is 1.33. The van der Waals surface area contributed by atoms with Gasteiger partial charge in [-0.05, 0) is 57.3 Å². The highest BCUT2D eigenvalue weighted by Gasteiger charge is 2.33. The lowest BCUT2D eigenvalue weighted by Crippen LogP contribution is -2.54. The minimum absolute atomic E-state index is 0.0604. The maximum Gasteiger partial charge on any atom is 0.318 e. The number of hydrogen-bond acceptors (Lipinski definition) is 7. The topological polar surface area (TPSA) is 65.0 Å². The van der Waals surface area contributed by atoms with E-state index in [4.69, 9.17) is 26.3 Å². The number of likely N-dealkylation sites (N-methyl/N-ethyl adjacent to an activating group) is 1. The van der Waals surface area contributed by atoms with Crippen LogP contribution >= 0.6 is 11.6 Å². The number of benzene rings is 2. The highest BCUT2D eigenvalue weighted by Crippen LogP contribution is 2.37. The fraction of sp³-hybridized carbons (Fsp3) is 0.452. The van der Waals surface area contributed by atoms with Crippen LogP contribution in [0.1, 0.15) is 31.0 Å². The van der Waals surface area contributed by atoms with E-state index in [9.17, 15) is 9.18 Å². The minimum Gasteiger partial charge on any atom is -0.462 e. The van der Waals surface area contributed by atoms with Crippen molar-refractivity contribution in [3.8, 4) is 6.01 Å². The molecule has 0 saturated carbocycles. The molecule has 2 saturated heterocycles. The molecule has 1 aromatic heterocycles. The van der Waals surface area contributed by atoms with E-state index < -0.39 is 11.7 Å². The number of rotatable bonds is 6. The Morgan fingerprint density at radius 2 is 1.95 bits per heavy atom. The van der Waals surface area contributed by atoms with Crippen molar-refractivity contribution in [2.24, 2.45) is 0 Å². The van der Waals surface area contributed by atoms with Crippen LogP contribution in [0.15, 0.2) is 48.8 Å². The number of carbonyl (C=O) groups is 1. The fourth-order valence-electron chi connectivity index (χ4n) is 6.42. The van der Waals surface area contributed by atoms with Crippen LogP contribution in [0.25, 0.3) is 10.8 Å². The molecule has 0 bridgehead atoms. The van der Waals surface area contributed by atoms with E-state index in [-0.39, 0.29) is 6.04 Å². The standard InChI is InChI=1S/C31H36ClFN6O2/c1-20-17-38(30(40)21(2)33)15-16-39(20)29-24-12-14-37(27-11-5-8-22-7-4-10-25(32)28(22)27)18-26(24)34-31(35-29)41-19-23-9-6-13-36(23)3/h4-5,7-8,10-11,20,23H,2,6,9,12-19H2,1,3H3/t20-,23-/m0/s1. The number of amides is 1. The molecule has 1 amide bonds. The smallest absolute Gasteiger partial charge is 0.318 e. The monoisotopic (exact) mass is 578 g/mol. The van der Waals surface area contributed by atoms with E-state index in [1.54, 1.807) is 0 Å². The molecule has 8 nitrogen and oxygen atoms in total. The van der Waals surface area contributed by atoms with Gasteiger partial charge in [-0.3, -0.25) is 4.79 Å². The Kier molecular flexibility index (Phi) is 7.74. The van der Waals surface area contributed by atoms with Crippen molar-refractivity contribution in [3.63, 3.8) is 0 Å². The Morgan fingerprint density at radius 3 is 2.68 bits per heavy atom. The summed E-state index contributed by atoms with van der Waals surface area (Å²) in [5, 5.41) is 2.87. The number of piperazine rings is 1. The Labute approximate surface area is 245 Å². The quantitative estimate of drug-likeness (QED) is 0.388. The van der Waals surface area contributed by atoms with Crippen LogP contribution in [0.3, 0.4) is 0 Å². The lowest BCUT2D eigenvalue weighted by atomic mass is 10.0. The lowest BCUT2D eigenvalue weighted by Gasteiger charge is -2.42. The number of carbonyl (C=O) groups excluding carboxylic acids is 1. The summed E-state index contributed by atoms with van der Waals surface area (Å²) in [6.07, 6.45) is 3.01. The normalized spacial score (nSPS) is 21.3. The number of halogens is 2. The largest absolute Gasteiger partial charge is 0.462 e. The summed E-state index contributed by atoms with van der Waals surface area (Å²) in [7, 11) is 2.13. The highest BCUT2D eigenvalue weighted by molar-refractivity contribution is 6.36. The maximum atomic E-state index is 13.6. The van der Waals surface area contributed by atoms with E-state index >= 15 is 0 Å². The summed E-state index contributed by atoms with van der Waals surface area (Å²) in [5.74, 6) is -0.722. The minimum atomic E-state index is -0.925. The number of likely N-dealkylation sites (tertiary alicyclic amines) is 1. The van der Waals surface area contributed by atoms with Gasteiger partial charge in [-0.2, -0.15) is 9.97 Å². The van der Waals surface area contributed by atoms with Gasteiger partial charge in [0.2, 0.25) is 0 Å². The molecule has 0 unspecified atom stereocenters. The third kappa shape index (κ3) is 5.45. The summed E-state index contributed by atoms with van der Waals surface area (Å²) in [6, 6.07) is 12.9. The molecule has 3 aliphatic heterocycles. The molecule has 10 heteroatoms. The van der Waals surface area contributed by atoms with Gasteiger partial charge in [-0.15, -0.1) is 0 Å². The molecule has 41 heavy (non-hydrogen) atoms. The molecule has 0 aliphatic carbocycles. The van der Waals surface area contributed by atoms with E-state index in [1.807, 2.05) is 19.1 Å². The van der Waals surface area contributed by atoms with E-state index in [1.165, 1.54) is 4.90 Å². The van der Waals surface area contributed by atoms with Crippen molar-refractivity contribution < 1.29 is 13.9 Å². The van der Waals surface area contributed by atoms with E-state index in [0.717, 1.165) is 70.9 Å². The summed E-state index contributed by atoms with van der Waals surface area (Å²) in [5.41, 5.74) is 3.11. The zero-order valence-electron chi connectivity index (χ0n) is 23.7. The van der Waals surface area contributed by atoms with Gasteiger partial charge in [0.1, 0.15) is 12.4 Å². The van der Waals surface area contributed by atoms with Crippen molar-refractivity contribution in [1.82, 2.24) is 19.8 Å². The molecule has 2 aromatic carbocycles. The lowest BCUT2D eigenvalue weighted by molar-refractivity contribution is -0.129. The Morgan fingerprint density at radius 1 is 1.15 bits per heavy atom. The average Bonchev–Trinajstić information content (AvgIpc) is 3.39. The zero-order valence-corrected chi connectivity index (χ0v) is 24.4. The summed E-state index contributed by atoms with van der Waals surface area (Å²) < 4.78 is 19.8. The molecule has 0 N–H and O–H groups in total. The van der Waals surface area contributed by atoms with Crippen LogP contribution in [0, 0.1) is 0 Å². The molecule has 6 rings (SSSR count). The highest BCUT2D eigenvalue weighted by atomic mass is 35.5. The van der Waals surface area contributed by atoms with Gasteiger partial charge in [-0.1, -0.05) is 42.4 Å². The fourth-order valence-corrected chi connectivity index (χ4v) is 6.70. The Hall–Kier alpha value is -3.43. The van der Waals surface area contributed by atoms with Gasteiger partial charge in [-0.25, -0.2) is 4.39 Å². The van der Waals surface area contributed by atoms with Crippen molar-refractivity contribution >= 4 is 39.8 Å². The molecule has 2 atom stereocenters. The second-order valence-corrected chi connectivity index (χ2v) is 11.7. The average molecular weight is 579 g/mol. The third-order valence-electron chi connectivity index (χ3n) is 8.69. The molecule has 0 spiro atoms. The van der Waals surface area contributed by atoms with Crippen LogP contribution in [0.4, 0.5) is 15.9 Å². The molecule has 0 radical (unpaired) electrons. The van der Waals surface area contributed by atoms with E-state index in [2.05, 4.69) is 52.6 Å². The predicted molar refractivity (Wildman–Crippen MR) is 161 cm³/mol. The van der Waals surface area contributed by atoms with Crippen LogP contribution in [-0.2, 0) is 17.8 Å². The van der Waals surface area contributed by atoms with Crippen LogP contribution in [0.2, 0.25) is 5.02 Å². The predicted octanol–water partition coefficient (Wildman–Crippen LogP) is 4.84. The first-order valence-corrected chi connectivity index (χ1v) is 14.7. The first kappa shape index (κ1) is 27.7. The molecular formula is C31H36ClFN6O2.